The fourth-order valence-corrected chi connectivity index (χ4v) is 6.54. The summed E-state index contributed by atoms with van der Waals surface area (Å²) in [6.07, 6.45) is 13.4. The van der Waals surface area contributed by atoms with Crippen LogP contribution >= 0.6 is 0 Å². The Hall–Kier alpha value is -1.70. The zero-order chi connectivity index (χ0) is 22.5. The van der Waals surface area contributed by atoms with Gasteiger partial charge in [0.25, 0.3) is 0 Å². The summed E-state index contributed by atoms with van der Waals surface area (Å²) in [7, 11) is 0. The predicted octanol–water partition coefficient (Wildman–Crippen LogP) is 9.19. The van der Waals surface area contributed by atoms with Gasteiger partial charge in [-0.2, -0.15) is 0 Å². The molecule has 0 radical (unpaired) electrons. The van der Waals surface area contributed by atoms with Crippen molar-refractivity contribution in [2.24, 2.45) is 17.8 Å². The Kier molecular flexibility index (Phi) is 8.02. The Morgan fingerprint density at radius 2 is 1.38 bits per heavy atom. The molecule has 2 aromatic carbocycles. The maximum atomic E-state index is 15.0. The molecule has 0 heterocycles. The average Bonchev–Trinajstić information content (AvgIpc) is 2.82. The highest BCUT2D eigenvalue weighted by atomic mass is 19.1. The Labute approximate surface area is 193 Å². The monoisotopic (exact) mass is 438 g/mol. The first-order valence-corrected chi connectivity index (χ1v) is 13.1. The molecular formula is C30H40F2. The van der Waals surface area contributed by atoms with Gasteiger partial charge < -0.3 is 0 Å². The molecule has 2 aromatic rings. The molecule has 0 aliphatic heterocycles. The molecule has 0 bridgehead atoms. The molecule has 0 saturated heterocycles. The van der Waals surface area contributed by atoms with Crippen LogP contribution in [0.1, 0.15) is 107 Å². The molecule has 2 aliphatic carbocycles. The minimum Gasteiger partial charge on any atom is -0.207 e. The number of rotatable bonds is 7. The SMILES string of the molecule is CCCC1CCC(C2CCC(c3cc(F)c(C[C@@H](C)c4ccccc4)c(F)c3)CC2)CC1. The normalized spacial score (nSPS) is 27.2. The van der Waals surface area contributed by atoms with Crippen LogP contribution in [0.2, 0.25) is 0 Å². The Morgan fingerprint density at radius 1 is 0.812 bits per heavy atom. The molecule has 4 rings (SSSR count). The highest BCUT2D eigenvalue weighted by Gasteiger charge is 2.31. The zero-order valence-corrected chi connectivity index (χ0v) is 20.0. The number of benzene rings is 2. The quantitative estimate of drug-likeness (QED) is 0.404. The lowest BCUT2D eigenvalue weighted by Gasteiger charge is -2.38. The molecule has 0 nitrogen and oxygen atoms in total. The van der Waals surface area contributed by atoms with Crippen LogP contribution in [0.3, 0.4) is 0 Å². The number of halogens is 2. The van der Waals surface area contributed by atoms with Crippen molar-refractivity contribution in [1.29, 1.82) is 0 Å². The highest BCUT2D eigenvalue weighted by molar-refractivity contribution is 5.31. The fourth-order valence-electron chi connectivity index (χ4n) is 6.54. The first-order valence-electron chi connectivity index (χ1n) is 13.1. The first-order chi connectivity index (χ1) is 15.5. The summed E-state index contributed by atoms with van der Waals surface area (Å²) >= 11 is 0. The topological polar surface area (TPSA) is 0 Å². The first kappa shape index (κ1) is 23.5. The lowest BCUT2D eigenvalue weighted by Crippen LogP contribution is -2.25. The van der Waals surface area contributed by atoms with Gasteiger partial charge in [-0.25, -0.2) is 8.78 Å². The van der Waals surface area contributed by atoms with Crippen LogP contribution in [0.15, 0.2) is 42.5 Å². The van der Waals surface area contributed by atoms with E-state index in [4.69, 9.17) is 0 Å². The van der Waals surface area contributed by atoms with Crippen molar-refractivity contribution in [1.82, 2.24) is 0 Å². The second-order valence-corrected chi connectivity index (χ2v) is 10.7. The zero-order valence-electron chi connectivity index (χ0n) is 20.0. The molecule has 2 fully saturated rings. The number of hydrogen-bond donors (Lipinski definition) is 0. The van der Waals surface area contributed by atoms with Crippen LogP contribution in [-0.4, -0.2) is 0 Å². The van der Waals surface area contributed by atoms with Gasteiger partial charge in [-0.3, -0.25) is 0 Å². The molecule has 0 N–H and O–H groups in total. The Bertz CT molecular complexity index is 819. The van der Waals surface area contributed by atoms with Gasteiger partial charge in [0.2, 0.25) is 0 Å². The average molecular weight is 439 g/mol. The summed E-state index contributed by atoms with van der Waals surface area (Å²) in [5, 5.41) is 0. The molecule has 0 aromatic heterocycles. The maximum absolute atomic E-state index is 15.0. The third kappa shape index (κ3) is 5.61. The van der Waals surface area contributed by atoms with E-state index in [1.165, 1.54) is 51.4 Å². The van der Waals surface area contributed by atoms with Gasteiger partial charge in [0.1, 0.15) is 11.6 Å². The van der Waals surface area contributed by atoms with E-state index in [9.17, 15) is 8.78 Å². The third-order valence-electron chi connectivity index (χ3n) is 8.54. The van der Waals surface area contributed by atoms with Crippen LogP contribution in [0.25, 0.3) is 0 Å². The summed E-state index contributed by atoms with van der Waals surface area (Å²) in [6, 6.07) is 13.3. The molecule has 0 spiro atoms. The molecule has 2 aliphatic rings. The van der Waals surface area contributed by atoms with Crippen molar-refractivity contribution in [3.05, 3.63) is 70.8 Å². The van der Waals surface area contributed by atoms with Crippen LogP contribution in [0.4, 0.5) is 8.78 Å². The van der Waals surface area contributed by atoms with Gasteiger partial charge in [-0.1, -0.05) is 69.9 Å². The van der Waals surface area contributed by atoms with E-state index < -0.39 is 0 Å². The van der Waals surface area contributed by atoms with Crippen molar-refractivity contribution in [3.8, 4) is 0 Å². The third-order valence-corrected chi connectivity index (χ3v) is 8.54. The van der Waals surface area contributed by atoms with Crippen LogP contribution in [0, 0.1) is 29.4 Å². The van der Waals surface area contributed by atoms with Crippen LogP contribution in [0.5, 0.6) is 0 Å². The molecule has 174 valence electrons. The predicted molar refractivity (Wildman–Crippen MR) is 130 cm³/mol. The van der Waals surface area contributed by atoms with Crippen molar-refractivity contribution in [2.45, 2.75) is 96.3 Å². The largest absolute Gasteiger partial charge is 0.207 e. The van der Waals surface area contributed by atoms with E-state index in [1.807, 2.05) is 37.3 Å². The van der Waals surface area contributed by atoms with Crippen molar-refractivity contribution >= 4 is 0 Å². The molecule has 32 heavy (non-hydrogen) atoms. The van der Waals surface area contributed by atoms with Gasteiger partial charge in [0.15, 0.2) is 0 Å². The van der Waals surface area contributed by atoms with Gasteiger partial charge >= 0.3 is 0 Å². The van der Waals surface area contributed by atoms with Gasteiger partial charge in [0.05, 0.1) is 0 Å². The summed E-state index contributed by atoms with van der Waals surface area (Å²) in [5.41, 5.74) is 2.24. The van der Waals surface area contributed by atoms with E-state index in [1.54, 1.807) is 12.1 Å². The van der Waals surface area contributed by atoms with E-state index >= 15 is 0 Å². The number of hydrogen-bond acceptors (Lipinski definition) is 0. The molecule has 0 unspecified atom stereocenters. The maximum Gasteiger partial charge on any atom is 0.129 e. The lowest BCUT2D eigenvalue weighted by atomic mass is 9.68. The lowest BCUT2D eigenvalue weighted by molar-refractivity contribution is 0.156. The second kappa shape index (κ2) is 10.9. The molecule has 1 atom stereocenters. The molecular weight excluding hydrogens is 398 g/mol. The van der Waals surface area contributed by atoms with Crippen molar-refractivity contribution < 1.29 is 8.78 Å². The minimum atomic E-state index is -0.362. The molecule has 2 heteroatoms. The van der Waals surface area contributed by atoms with Gasteiger partial charge in [0, 0.05) is 5.56 Å². The minimum absolute atomic E-state index is 0.0916. The van der Waals surface area contributed by atoms with Crippen LogP contribution in [-0.2, 0) is 6.42 Å². The summed E-state index contributed by atoms with van der Waals surface area (Å²) in [4.78, 5) is 0. The van der Waals surface area contributed by atoms with E-state index in [-0.39, 0.29) is 23.1 Å². The summed E-state index contributed by atoms with van der Waals surface area (Å²) < 4.78 is 29.9. The van der Waals surface area contributed by atoms with E-state index in [2.05, 4.69) is 6.92 Å². The smallest absolute Gasteiger partial charge is 0.129 e. The fraction of sp³-hybridized carbons (Fsp3) is 0.600. The second-order valence-electron chi connectivity index (χ2n) is 10.7. The van der Waals surface area contributed by atoms with E-state index in [0.29, 0.717) is 12.3 Å². The van der Waals surface area contributed by atoms with Gasteiger partial charge in [-0.05, 0) is 97.8 Å². The highest BCUT2D eigenvalue weighted by Crippen LogP contribution is 2.44. The van der Waals surface area contributed by atoms with Crippen molar-refractivity contribution in [3.63, 3.8) is 0 Å². The van der Waals surface area contributed by atoms with Gasteiger partial charge in [-0.15, -0.1) is 0 Å². The molecule has 0 amide bonds. The van der Waals surface area contributed by atoms with E-state index in [0.717, 1.165) is 41.7 Å². The Balaban J connectivity index is 1.34. The summed E-state index contributed by atoms with van der Waals surface area (Å²) in [5.74, 6) is 2.36. The molecule has 2 saturated carbocycles. The Morgan fingerprint density at radius 3 is 1.94 bits per heavy atom. The standard InChI is InChI=1S/C30H40F2/c1-3-7-22-10-12-24(13-11-22)25-14-16-26(17-15-25)27-19-29(31)28(30(32)20-27)18-21(2)23-8-5-4-6-9-23/h4-6,8-9,19-22,24-26H,3,7,10-18H2,1-2H3/t21-,22?,24?,25?,26?/m1/s1. The summed E-state index contributed by atoms with van der Waals surface area (Å²) in [6.45, 7) is 4.34. The van der Waals surface area contributed by atoms with Crippen LogP contribution < -0.4 is 0 Å². The van der Waals surface area contributed by atoms with Crippen molar-refractivity contribution in [2.75, 3.05) is 0 Å².